The highest BCUT2D eigenvalue weighted by Crippen LogP contribution is 2.32. The zero-order chi connectivity index (χ0) is 9.03. The summed E-state index contributed by atoms with van der Waals surface area (Å²) in [4.78, 5) is 0. The lowest BCUT2D eigenvalue weighted by Gasteiger charge is -2.25. The van der Waals surface area contributed by atoms with Gasteiger partial charge in [0.15, 0.2) is 0 Å². The Morgan fingerprint density at radius 3 is 2.75 bits per heavy atom. The first-order chi connectivity index (χ1) is 5.66. The first kappa shape index (κ1) is 10.0. The summed E-state index contributed by atoms with van der Waals surface area (Å²) in [6.07, 6.45) is 7.93. The maximum atomic E-state index is 10.2. The van der Waals surface area contributed by atoms with Crippen LogP contribution in [-0.4, -0.2) is 10.7 Å². The maximum absolute atomic E-state index is 10.2. The summed E-state index contributed by atoms with van der Waals surface area (Å²) in [5, 5.41) is 10.2. The predicted octanol–water partition coefficient (Wildman–Crippen LogP) is 3.12. The van der Waals surface area contributed by atoms with Crippen LogP contribution >= 0.6 is 0 Å². The SMILES string of the molecule is CCCC1(O)CCCC(C)CC1. The molecule has 1 rings (SSSR count). The fraction of sp³-hybridized carbons (Fsp3) is 1.00. The topological polar surface area (TPSA) is 20.2 Å². The van der Waals surface area contributed by atoms with Crippen molar-refractivity contribution in [3.63, 3.8) is 0 Å². The average Bonchev–Trinajstić information content (AvgIpc) is 2.15. The molecule has 1 aliphatic carbocycles. The van der Waals surface area contributed by atoms with Gasteiger partial charge >= 0.3 is 0 Å². The molecule has 0 aromatic carbocycles. The number of hydrogen-bond acceptors (Lipinski definition) is 1. The second-order valence-corrected chi connectivity index (χ2v) is 4.51. The van der Waals surface area contributed by atoms with E-state index in [-0.39, 0.29) is 5.60 Å². The first-order valence-corrected chi connectivity index (χ1v) is 5.39. The van der Waals surface area contributed by atoms with E-state index < -0.39 is 0 Å². The van der Waals surface area contributed by atoms with Gasteiger partial charge in [0, 0.05) is 0 Å². The van der Waals surface area contributed by atoms with Gasteiger partial charge in [-0.05, 0) is 31.6 Å². The molecule has 0 aliphatic heterocycles. The highest BCUT2D eigenvalue weighted by molar-refractivity contribution is 4.81. The first-order valence-electron chi connectivity index (χ1n) is 5.39. The maximum Gasteiger partial charge on any atom is 0.0647 e. The third-order valence-corrected chi connectivity index (χ3v) is 3.16. The minimum atomic E-state index is -0.306. The van der Waals surface area contributed by atoms with Crippen LogP contribution in [0.1, 0.15) is 58.8 Å². The van der Waals surface area contributed by atoms with E-state index in [1.807, 2.05) is 0 Å². The zero-order valence-electron chi connectivity index (χ0n) is 8.47. The molecule has 0 bridgehead atoms. The fourth-order valence-electron chi connectivity index (χ4n) is 2.28. The molecule has 72 valence electrons. The molecule has 1 heteroatoms. The smallest absolute Gasteiger partial charge is 0.0647 e. The molecule has 12 heavy (non-hydrogen) atoms. The molecule has 0 heterocycles. The summed E-state index contributed by atoms with van der Waals surface area (Å²) in [6.45, 7) is 4.46. The van der Waals surface area contributed by atoms with E-state index in [9.17, 15) is 5.11 Å². The summed E-state index contributed by atoms with van der Waals surface area (Å²) in [7, 11) is 0. The molecule has 0 spiro atoms. The van der Waals surface area contributed by atoms with Crippen LogP contribution in [0.2, 0.25) is 0 Å². The van der Waals surface area contributed by atoms with Gasteiger partial charge in [-0.2, -0.15) is 0 Å². The van der Waals surface area contributed by atoms with Crippen molar-refractivity contribution < 1.29 is 5.11 Å². The number of hydrogen-bond donors (Lipinski definition) is 1. The lowest BCUT2D eigenvalue weighted by atomic mass is 9.89. The van der Waals surface area contributed by atoms with Crippen molar-refractivity contribution >= 4 is 0 Å². The van der Waals surface area contributed by atoms with Crippen LogP contribution in [-0.2, 0) is 0 Å². The summed E-state index contributed by atoms with van der Waals surface area (Å²) in [5.41, 5.74) is -0.306. The van der Waals surface area contributed by atoms with Gasteiger partial charge in [-0.3, -0.25) is 0 Å². The van der Waals surface area contributed by atoms with Crippen LogP contribution in [0.4, 0.5) is 0 Å². The van der Waals surface area contributed by atoms with E-state index in [2.05, 4.69) is 13.8 Å². The van der Waals surface area contributed by atoms with Gasteiger partial charge in [-0.25, -0.2) is 0 Å². The fourth-order valence-corrected chi connectivity index (χ4v) is 2.28. The number of rotatable bonds is 2. The molecule has 2 unspecified atom stereocenters. The lowest BCUT2D eigenvalue weighted by Crippen LogP contribution is -2.27. The minimum Gasteiger partial charge on any atom is -0.390 e. The van der Waals surface area contributed by atoms with Crippen LogP contribution in [0.5, 0.6) is 0 Å². The third-order valence-electron chi connectivity index (χ3n) is 3.16. The molecule has 2 atom stereocenters. The van der Waals surface area contributed by atoms with Gasteiger partial charge < -0.3 is 5.11 Å². The molecule has 0 saturated heterocycles. The zero-order valence-corrected chi connectivity index (χ0v) is 8.47. The highest BCUT2D eigenvalue weighted by atomic mass is 16.3. The van der Waals surface area contributed by atoms with Crippen molar-refractivity contribution in [1.82, 2.24) is 0 Å². The largest absolute Gasteiger partial charge is 0.390 e. The van der Waals surface area contributed by atoms with Crippen molar-refractivity contribution in [2.45, 2.75) is 64.4 Å². The molecule has 0 radical (unpaired) electrons. The van der Waals surface area contributed by atoms with Crippen LogP contribution < -0.4 is 0 Å². The van der Waals surface area contributed by atoms with E-state index in [1.54, 1.807) is 0 Å². The quantitative estimate of drug-likeness (QED) is 0.631. The Morgan fingerprint density at radius 2 is 2.08 bits per heavy atom. The Kier molecular flexibility index (Phi) is 3.57. The van der Waals surface area contributed by atoms with Gasteiger partial charge in [0.1, 0.15) is 0 Å². The normalized spacial score (nSPS) is 37.8. The summed E-state index contributed by atoms with van der Waals surface area (Å²) < 4.78 is 0. The molecule has 0 amide bonds. The van der Waals surface area contributed by atoms with Gasteiger partial charge in [-0.1, -0.05) is 33.1 Å². The van der Waals surface area contributed by atoms with Crippen LogP contribution in [0.3, 0.4) is 0 Å². The van der Waals surface area contributed by atoms with Crippen molar-refractivity contribution in [2.24, 2.45) is 5.92 Å². The van der Waals surface area contributed by atoms with Crippen LogP contribution in [0.15, 0.2) is 0 Å². The molecular formula is C11H22O. The molecule has 1 aliphatic rings. The average molecular weight is 170 g/mol. The lowest BCUT2D eigenvalue weighted by molar-refractivity contribution is 0.0149. The Labute approximate surface area is 76.2 Å². The van der Waals surface area contributed by atoms with E-state index in [0.717, 1.165) is 31.6 Å². The Balaban J connectivity index is 2.43. The minimum absolute atomic E-state index is 0.306. The molecule has 1 saturated carbocycles. The summed E-state index contributed by atoms with van der Waals surface area (Å²) in [5.74, 6) is 0.830. The van der Waals surface area contributed by atoms with Gasteiger partial charge in [0.05, 0.1) is 5.60 Å². The predicted molar refractivity (Wildman–Crippen MR) is 52.1 cm³/mol. The highest BCUT2D eigenvalue weighted by Gasteiger charge is 2.28. The molecule has 1 N–H and O–H groups in total. The summed E-state index contributed by atoms with van der Waals surface area (Å²) >= 11 is 0. The summed E-state index contributed by atoms with van der Waals surface area (Å²) in [6, 6.07) is 0. The Bertz CT molecular complexity index is 133. The molecular weight excluding hydrogens is 148 g/mol. The molecule has 0 aromatic rings. The molecule has 1 nitrogen and oxygen atoms in total. The van der Waals surface area contributed by atoms with Crippen molar-refractivity contribution in [3.05, 3.63) is 0 Å². The van der Waals surface area contributed by atoms with E-state index in [0.29, 0.717) is 0 Å². The number of aliphatic hydroxyl groups is 1. The van der Waals surface area contributed by atoms with Crippen LogP contribution in [0, 0.1) is 5.92 Å². The van der Waals surface area contributed by atoms with Crippen molar-refractivity contribution in [1.29, 1.82) is 0 Å². The van der Waals surface area contributed by atoms with E-state index in [4.69, 9.17) is 0 Å². The molecule has 1 fully saturated rings. The molecule has 0 aromatic heterocycles. The standard InChI is InChI=1S/C11H22O/c1-3-7-11(12)8-4-5-10(2)6-9-11/h10,12H,3-9H2,1-2H3. The van der Waals surface area contributed by atoms with Crippen molar-refractivity contribution in [2.75, 3.05) is 0 Å². The van der Waals surface area contributed by atoms with E-state index in [1.165, 1.54) is 19.3 Å². The van der Waals surface area contributed by atoms with Gasteiger partial charge in [0.25, 0.3) is 0 Å². The van der Waals surface area contributed by atoms with Gasteiger partial charge in [-0.15, -0.1) is 0 Å². The van der Waals surface area contributed by atoms with Crippen LogP contribution in [0.25, 0.3) is 0 Å². The third kappa shape index (κ3) is 2.78. The second kappa shape index (κ2) is 4.27. The Morgan fingerprint density at radius 1 is 1.33 bits per heavy atom. The second-order valence-electron chi connectivity index (χ2n) is 4.51. The Hall–Kier alpha value is -0.0400. The monoisotopic (exact) mass is 170 g/mol. The van der Waals surface area contributed by atoms with Gasteiger partial charge in [0.2, 0.25) is 0 Å². The van der Waals surface area contributed by atoms with Crippen molar-refractivity contribution in [3.8, 4) is 0 Å². The van der Waals surface area contributed by atoms with E-state index >= 15 is 0 Å².